The molecule has 0 saturated heterocycles. The number of aromatic nitrogens is 2. The molecule has 0 radical (unpaired) electrons. The summed E-state index contributed by atoms with van der Waals surface area (Å²) in [6, 6.07) is 12.7. The van der Waals surface area contributed by atoms with E-state index in [2.05, 4.69) is 4.98 Å². The molecular weight excluding hydrogens is 367 g/mol. The maximum Gasteiger partial charge on any atom is 0.244 e. The van der Waals surface area contributed by atoms with Gasteiger partial charge in [-0.1, -0.05) is 18.2 Å². The normalized spacial score (nSPS) is 12.5. The number of allylic oxidation sites excluding steroid dienone is 1. The van der Waals surface area contributed by atoms with Gasteiger partial charge in [-0.3, -0.25) is 0 Å². The van der Waals surface area contributed by atoms with E-state index in [9.17, 15) is 12.8 Å². The molecule has 0 amide bonds. The largest absolute Gasteiger partial charge is 0.368 e. The molecule has 3 rings (SSSR count). The summed E-state index contributed by atoms with van der Waals surface area (Å²) < 4.78 is 40.0. The molecule has 0 spiro atoms. The molecule has 138 valence electrons. The first-order valence-electron chi connectivity index (χ1n) is 8.14. The number of nitrogens with two attached hydrogens (primary N) is 1. The molecular formula is C19H17FN4O2S. The van der Waals surface area contributed by atoms with Crippen LogP contribution in [0.3, 0.4) is 0 Å². The van der Waals surface area contributed by atoms with E-state index in [0.29, 0.717) is 27.7 Å². The molecule has 0 fully saturated rings. The third-order valence-corrected chi connectivity index (χ3v) is 6.23. The summed E-state index contributed by atoms with van der Waals surface area (Å²) in [5, 5.41) is 8.45. The molecule has 27 heavy (non-hydrogen) atoms. The average molecular weight is 384 g/mol. The zero-order valence-corrected chi connectivity index (χ0v) is 15.5. The summed E-state index contributed by atoms with van der Waals surface area (Å²) in [6.45, 7) is 3.11. The molecule has 3 aromatic rings. The lowest BCUT2D eigenvalue weighted by Crippen LogP contribution is -2.23. The maximum absolute atomic E-state index is 13.6. The summed E-state index contributed by atoms with van der Waals surface area (Å²) in [7, 11) is -3.73. The Kier molecular flexibility index (Phi) is 4.72. The summed E-state index contributed by atoms with van der Waals surface area (Å²) in [5.41, 5.74) is 8.08. The van der Waals surface area contributed by atoms with Gasteiger partial charge in [0, 0.05) is 6.08 Å². The van der Waals surface area contributed by atoms with E-state index in [4.69, 9.17) is 11.0 Å². The zero-order valence-electron chi connectivity index (χ0n) is 14.7. The standard InChI is InChI=1S/C19H17FN4O2S/c1-12(2)27(25,26)24-18-11-14(6-7-17(18)23-19(24)22)16(8-9-21)13-4-3-5-15(20)10-13/h3-8,10-12H,1-2H3,(H2,22,23)/b16-8+. The van der Waals surface area contributed by atoms with Crippen LogP contribution in [0.1, 0.15) is 25.0 Å². The molecule has 6 nitrogen and oxygen atoms in total. The second kappa shape index (κ2) is 6.85. The molecule has 0 unspecified atom stereocenters. The van der Waals surface area contributed by atoms with Crippen LogP contribution < -0.4 is 5.73 Å². The van der Waals surface area contributed by atoms with Crippen molar-refractivity contribution < 1.29 is 12.8 Å². The highest BCUT2D eigenvalue weighted by atomic mass is 32.2. The van der Waals surface area contributed by atoms with Gasteiger partial charge in [-0.25, -0.2) is 21.8 Å². The van der Waals surface area contributed by atoms with Crippen molar-refractivity contribution in [3.63, 3.8) is 0 Å². The van der Waals surface area contributed by atoms with E-state index in [-0.39, 0.29) is 5.95 Å². The Balaban J connectivity index is 2.27. The van der Waals surface area contributed by atoms with Gasteiger partial charge in [-0.15, -0.1) is 0 Å². The first-order valence-corrected chi connectivity index (χ1v) is 9.64. The molecule has 2 aromatic carbocycles. The van der Waals surface area contributed by atoms with Gasteiger partial charge in [0.05, 0.1) is 22.4 Å². The Morgan fingerprint density at radius 3 is 2.59 bits per heavy atom. The SMILES string of the molecule is CC(C)S(=O)(=O)n1c(N)nc2ccc(/C(=C/C#N)c3cccc(F)c3)cc21. The summed E-state index contributed by atoms with van der Waals surface area (Å²) in [4.78, 5) is 4.11. The van der Waals surface area contributed by atoms with E-state index < -0.39 is 21.1 Å². The van der Waals surface area contributed by atoms with Crippen molar-refractivity contribution in [1.82, 2.24) is 8.96 Å². The lowest BCUT2D eigenvalue weighted by Gasteiger charge is -2.12. The molecule has 0 saturated carbocycles. The number of fused-ring (bicyclic) bond motifs is 1. The van der Waals surface area contributed by atoms with Gasteiger partial charge in [-0.05, 0) is 54.8 Å². The number of nitrogens with zero attached hydrogens (tertiary/aromatic N) is 3. The van der Waals surface area contributed by atoms with Crippen LogP contribution in [0.5, 0.6) is 0 Å². The van der Waals surface area contributed by atoms with E-state index >= 15 is 0 Å². The average Bonchev–Trinajstić information content (AvgIpc) is 2.95. The Morgan fingerprint density at radius 2 is 1.96 bits per heavy atom. The van der Waals surface area contributed by atoms with Gasteiger partial charge >= 0.3 is 0 Å². The Morgan fingerprint density at radius 1 is 1.26 bits per heavy atom. The topological polar surface area (TPSA) is 102 Å². The Bertz CT molecular complexity index is 1200. The fourth-order valence-corrected chi connectivity index (χ4v) is 3.92. The van der Waals surface area contributed by atoms with Gasteiger partial charge in [0.2, 0.25) is 16.0 Å². The van der Waals surface area contributed by atoms with Crippen LogP contribution in [0.2, 0.25) is 0 Å². The second-order valence-corrected chi connectivity index (χ2v) is 8.57. The lowest BCUT2D eigenvalue weighted by atomic mass is 9.97. The fraction of sp³-hybridized carbons (Fsp3) is 0.158. The smallest absolute Gasteiger partial charge is 0.244 e. The highest BCUT2D eigenvalue weighted by Gasteiger charge is 2.24. The maximum atomic E-state index is 13.6. The minimum absolute atomic E-state index is 0.132. The second-order valence-electron chi connectivity index (χ2n) is 6.23. The number of nitriles is 1. The molecule has 0 aliphatic heterocycles. The van der Waals surface area contributed by atoms with Gasteiger partial charge in [0.15, 0.2) is 0 Å². The van der Waals surface area contributed by atoms with Crippen molar-refractivity contribution in [3.8, 4) is 6.07 Å². The van der Waals surface area contributed by atoms with Crippen LogP contribution in [0.25, 0.3) is 16.6 Å². The van der Waals surface area contributed by atoms with Crippen molar-refractivity contribution in [2.24, 2.45) is 0 Å². The minimum Gasteiger partial charge on any atom is -0.368 e. The fourth-order valence-electron chi connectivity index (χ4n) is 2.77. The van der Waals surface area contributed by atoms with Crippen molar-refractivity contribution in [2.75, 3.05) is 5.73 Å². The van der Waals surface area contributed by atoms with E-state index in [1.54, 1.807) is 44.2 Å². The van der Waals surface area contributed by atoms with E-state index in [1.807, 2.05) is 6.07 Å². The molecule has 2 N–H and O–H groups in total. The minimum atomic E-state index is -3.73. The van der Waals surface area contributed by atoms with Crippen molar-refractivity contribution in [1.29, 1.82) is 5.26 Å². The highest BCUT2D eigenvalue weighted by Crippen LogP contribution is 2.29. The third-order valence-electron chi connectivity index (χ3n) is 4.14. The van der Waals surface area contributed by atoms with Gasteiger partial charge in [0.1, 0.15) is 5.82 Å². The quantitative estimate of drug-likeness (QED) is 0.696. The molecule has 1 heterocycles. The number of imidazole rings is 1. The highest BCUT2D eigenvalue weighted by molar-refractivity contribution is 7.90. The number of halogens is 1. The van der Waals surface area contributed by atoms with Gasteiger partial charge in [0.25, 0.3) is 0 Å². The van der Waals surface area contributed by atoms with Crippen LogP contribution in [0, 0.1) is 17.1 Å². The molecule has 0 atom stereocenters. The van der Waals surface area contributed by atoms with Crippen LogP contribution >= 0.6 is 0 Å². The molecule has 0 bridgehead atoms. The van der Waals surface area contributed by atoms with Crippen molar-refractivity contribution >= 4 is 32.6 Å². The molecule has 0 aliphatic carbocycles. The summed E-state index contributed by atoms with van der Waals surface area (Å²) in [6.07, 6.45) is 1.29. The number of anilines is 1. The molecule has 8 heteroatoms. The summed E-state index contributed by atoms with van der Waals surface area (Å²) in [5.74, 6) is -0.568. The van der Waals surface area contributed by atoms with Gasteiger partial charge in [-0.2, -0.15) is 5.26 Å². The van der Waals surface area contributed by atoms with E-state index in [1.165, 1.54) is 18.2 Å². The van der Waals surface area contributed by atoms with Crippen LogP contribution in [-0.4, -0.2) is 22.6 Å². The number of rotatable bonds is 4. The first-order chi connectivity index (χ1) is 12.8. The first kappa shape index (κ1) is 18.6. The van der Waals surface area contributed by atoms with Gasteiger partial charge < -0.3 is 5.73 Å². The molecule has 0 aliphatic rings. The zero-order chi connectivity index (χ0) is 19.8. The number of hydrogen-bond donors (Lipinski definition) is 1. The number of nitrogen functional groups attached to an aromatic ring is 1. The van der Waals surface area contributed by atoms with Crippen molar-refractivity contribution in [3.05, 3.63) is 65.5 Å². The van der Waals surface area contributed by atoms with Crippen LogP contribution in [-0.2, 0) is 10.0 Å². The Labute approximate surface area is 156 Å². The number of benzene rings is 2. The van der Waals surface area contributed by atoms with E-state index in [0.717, 1.165) is 3.97 Å². The number of hydrogen-bond acceptors (Lipinski definition) is 5. The van der Waals surface area contributed by atoms with Crippen LogP contribution in [0.15, 0.2) is 48.5 Å². The Hall–Kier alpha value is -3.18. The third kappa shape index (κ3) is 3.29. The molecule has 1 aromatic heterocycles. The monoisotopic (exact) mass is 384 g/mol. The lowest BCUT2D eigenvalue weighted by molar-refractivity contribution is 0.580. The van der Waals surface area contributed by atoms with Crippen LogP contribution in [0.4, 0.5) is 10.3 Å². The summed E-state index contributed by atoms with van der Waals surface area (Å²) >= 11 is 0. The predicted molar refractivity (Wildman–Crippen MR) is 103 cm³/mol. The van der Waals surface area contributed by atoms with Crippen molar-refractivity contribution in [2.45, 2.75) is 19.1 Å². The predicted octanol–water partition coefficient (Wildman–Crippen LogP) is 3.30.